The van der Waals surface area contributed by atoms with Gasteiger partial charge in [-0.1, -0.05) is 11.6 Å². The highest BCUT2D eigenvalue weighted by atomic mass is 79.9. The molecule has 5 heteroatoms. The van der Waals surface area contributed by atoms with Crippen molar-refractivity contribution in [3.05, 3.63) is 57.8 Å². The third-order valence-corrected chi connectivity index (χ3v) is 3.32. The molecule has 0 aliphatic carbocycles. The van der Waals surface area contributed by atoms with E-state index in [9.17, 15) is 9.18 Å². The highest BCUT2D eigenvalue weighted by Crippen LogP contribution is 2.21. The minimum atomic E-state index is -0.555. The lowest BCUT2D eigenvalue weighted by Crippen LogP contribution is -2.13. The minimum Gasteiger partial charge on any atom is -0.396 e. The summed E-state index contributed by atoms with van der Waals surface area (Å²) in [5.74, 6) is -0.860. The van der Waals surface area contributed by atoms with E-state index in [1.807, 2.05) is 13.0 Å². The van der Waals surface area contributed by atoms with Crippen molar-refractivity contribution >= 4 is 33.2 Å². The summed E-state index contributed by atoms with van der Waals surface area (Å²) in [6.45, 7) is 1.89. The first-order chi connectivity index (χ1) is 8.97. The Morgan fingerprint density at radius 3 is 2.68 bits per heavy atom. The highest BCUT2D eigenvalue weighted by molar-refractivity contribution is 9.10. The molecular formula is C14H12BrFN2O. The number of hydrogen-bond acceptors (Lipinski definition) is 2. The van der Waals surface area contributed by atoms with Crippen molar-refractivity contribution in [2.24, 2.45) is 0 Å². The van der Waals surface area contributed by atoms with Gasteiger partial charge in [-0.3, -0.25) is 4.79 Å². The first-order valence-electron chi connectivity index (χ1n) is 5.60. The van der Waals surface area contributed by atoms with E-state index in [2.05, 4.69) is 21.2 Å². The lowest BCUT2D eigenvalue weighted by Gasteiger charge is -2.08. The molecule has 0 saturated heterocycles. The second-order valence-corrected chi connectivity index (χ2v) is 5.03. The molecule has 0 unspecified atom stereocenters. The number of carbonyl (C=O) groups is 1. The van der Waals surface area contributed by atoms with E-state index in [1.54, 1.807) is 18.2 Å². The molecule has 2 aromatic carbocycles. The maximum absolute atomic E-state index is 13.3. The molecule has 0 radical (unpaired) electrons. The van der Waals surface area contributed by atoms with E-state index in [-0.39, 0.29) is 11.6 Å². The third-order valence-electron chi connectivity index (χ3n) is 2.62. The number of anilines is 2. The fourth-order valence-electron chi connectivity index (χ4n) is 1.62. The van der Waals surface area contributed by atoms with Crippen LogP contribution in [0.15, 0.2) is 40.9 Å². The van der Waals surface area contributed by atoms with Gasteiger partial charge in [0, 0.05) is 10.2 Å². The number of aryl methyl sites for hydroxylation is 1. The van der Waals surface area contributed by atoms with Gasteiger partial charge >= 0.3 is 0 Å². The van der Waals surface area contributed by atoms with Gasteiger partial charge in [0.2, 0.25) is 0 Å². The van der Waals surface area contributed by atoms with E-state index in [0.29, 0.717) is 15.7 Å². The topological polar surface area (TPSA) is 55.1 Å². The number of amides is 1. The van der Waals surface area contributed by atoms with Gasteiger partial charge in [-0.15, -0.1) is 0 Å². The molecule has 98 valence electrons. The Labute approximate surface area is 118 Å². The Hall–Kier alpha value is -1.88. The molecular weight excluding hydrogens is 311 g/mol. The molecule has 0 fully saturated rings. The molecule has 2 rings (SSSR count). The Balaban J connectivity index is 2.25. The quantitative estimate of drug-likeness (QED) is 0.828. The van der Waals surface area contributed by atoms with Crippen LogP contribution in [0.3, 0.4) is 0 Å². The monoisotopic (exact) mass is 322 g/mol. The van der Waals surface area contributed by atoms with E-state index >= 15 is 0 Å². The first-order valence-corrected chi connectivity index (χ1v) is 6.39. The van der Waals surface area contributed by atoms with Crippen LogP contribution in [0.2, 0.25) is 0 Å². The van der Waals surface area contributed by atoms with E-state index in [0.717, 1.165) is 5.56 Å². The number of halogens is 2. The van der Waals surface area contributed by atoms with Crippen LogP contribution in [-0.4, -0.2) is 5.91 Å². The van der Waals surface area contributed by atoms with Gasteiger partial charge in [0.25, 0.3) is 5.91 Å². The van der Waals surface area contributed by atoms with Gasteiger partial charge in [-0.05, 0) is 53.2 Å². The maximum Gasteiger partial charge on any atom is 0.256 e. The predicted octanol–water partition coefficient (Wildman–Crippen LogP) is 3.73. The van der Waals surface area contributed by atoms with E-state index in [4.69, 9.17) is 5.73 Å². The molecule has 0 aliphatic heterocycles. The van der Waals surface area contributed by atoms with Crippen LogP contribution in [0.5, 0.6) is 0 Å². The lowest BCUT2D eigenvalue weighted by atomic mass is 10.1. The first kappa shape index (κ1) is 13.5. The van der Waals surface area contributed by atoms with Crippen LogP contribution in [-0.2, 0) is 0 Å². The number of nitrogens with one attached hydrogen (secondary N) is 1. The smallest absolute Gasteiger partial charge is 0.256 e. The average molecular weight is 323 g/mol. The molecule has 2 aromatic rings. The number of rotatable bonds is 2. The molecule has 0 heterocycles. The highest BCUT2D eigenvalue weighted by Gasteiger charge is 2.11. The van der Waals surface area contributed by atoms with Crippen molar-refractivity contribution in [2.75, 3.05) is 11.1 Å². The van der Waals surface area contributed by atoms with Gasteiger partial charge in [0.1, 0.15) is 5.82 Å². The summed E-state index contributed by atoms with van der Waals surface area (Å²) in [5.41, 5.74) is 7.26. The summed E-state index contributed by atoms with van der Waals surface area (Å²) in [4.78, 5) is 12.1. The van der Waals surface area contributed by atoms with Crippen LogP contribution in [0.25, 0.3) is 0 Å². The van der Waals surface area contributed by atoms with Crippen LogP contribution < -0.4 is 11.1 Å². The Kier molecular flexibility index (Phi) is 3.85. The number of hydrogen-bond donors (Lipinski definition) is 2. The fraction of sp³-hybridized carbons (Fsp3) is 0.0714. The third kappa shape index (κ3) is 3.12. The number of benzene rings is 2. The number of nitrogen functional groups attached to an aromatic ring is 1. The van der Waals surface area contributed by atoms with Gasteiger partial charge in [0.05, 0.1) is 11.3 Å². The van der Waals surface area contributed by atoms with Crippen molar-refractivity contribution in [3.8, 4) is 0 Å². The molecule has 3 nitrogen and oxygen atoms in total. The van der Waals surface area contributed by atoms with Crippen molar-refractivity contribution in [1.29, 1.82) is 0 Å². The van der Waals surface area contributed by atoms with E-state index in [1.165, 1.54) is 12.1 Å². The average Bonchev–Trinajstić information content (AvgIpc) is 2.36. The summed E-state index contributed by atoms with van der Waals surface area (Å²) in [5, 5.41) is 2.63. The largest absolute Gasteiger partial charge is 0.396 e. The SMILES string of the molecule is Cc1ccc(Br)c(C(=O)Nc2ccc(N)c(F)c2)c1. The Morgan fingerprint density at radius 2 is 2.00 bits per heavy atom. The number of carbonyl (C=O) groups excluding carboxylic acids is 1. The summed E-state index contributed by atoms with van der Waals surface area (Å²) in [6.07, 6.45) is 0. The maximum atomic E-state index is 13.3. The molecule has 3 N–H and O–H groups in total. The molecule has 0 saturated carbocycles. The van der Waals surface area contributed by atoms with Crippen molar-refractivity contribution in [2.45, 2.75) is 6.92 Å². The van der Waals surface area contributed by atoms with Gasteiger partial charge in [-0.2, -0.15) is 0 Å². The summed E-state index contributed by atoms with van der Waals surface area (Å²) in [7, 11) is 0. The molecule has 0 aromatic heterocycles. The zero-order valence-electron chi connectivity index (χ0n) is 10.2. The second kappa shape index (κ2) is 5.40. The summed E-state index contributed by atoms with van der Waals surface area (Å²) in [6, 6.07) is 9.61. The second-order valence-electron chi connectivity index (χ2n) is 4.17. The zero-order valence-corrected chi connectivity index (χ0v) is 11.8. The summed E-state index contributed by atoms with van der Waals surface area (Å²) >= 11 is 3.32. The van der Waals surface area contributed by atoms with Gasteiger partial charge < -0.3 is 11.1 Å². The fourth-order valence-corrected chi connectivity index (χ4v) is 2.04. The molecule has 19 heavy (non-hydrogen) atoms. The number of nitrogens with two attached hydrogens (primary N) is 1. The van der Waals surface area contributed by atoms with E-state index < -0.39 is 5.82 Å². The molecule has 0 bridgehead atoms. The van der Waals surface area contributed by atoms with Gasteiger partial charge in [0.15, 0.2) is 0 Å². The lowest BCUT2D eigenvalue weighted by molar-refractivity contribution is 0.102. The normalized spacial score (nSPS) is 10.3. The zero-order chi connectivity index (χ0) is 14.0. The van der Waals surface area contributed by atoms with Crippen molar-refractivity contribution in [1.82, 2.24) is 0 Å². The molecule has 0 spiro atoms. The Morgan fingerprint density at radius 1 is 1.26 bits per heavy atom. The van der Waals surface area contributed by atoms with Crippen LogP contribution in [0.4, 0.5) is 15.8 Å². The van der Waals surface area contributed by atoms with Crippen LogP contribution in [0.1, 0.15) is 15.9 Å². The summed E-state index contributed by atoms with van der Waals surface area (Å²) < 4.78 is 14.0. The molecule has 1 amide bonds. The molecule has 0 aliphatic rings. The van der Waals surface area contributed by atoms with Gasteiger partial charge in [-0.25, -0.2) is 4.39 Å². The van der Waals surface area contributed by atoms with Crippen molar-refractivity contribution < 1.29 is 9.18 Å². The van der Waals surface area contributed by atoms with Crippen LogP contribution >= 0.6 is 15.9 Å². The predicted molar refractivity (Wildman–Crippen MR) is 77.6 cm³/mol. The standard InChI is InChI=1S/C14H12BrFN2O/c1-8-2-4-11(15)10(6-8)14(19)18-9-3-5-13(17)12(16)7-9/h2-7H,17H2,1H3,(H,18,19). The molecule has 0 atom stereocenters. The minimum absolute atomic E-state index is 0.0507. The van der Waals surface area contributed by atoms with Crippen LogP contribution in [0, 0.1) is 12.7 Å². The van der Waals surface area contributed by atoms with Crippen molar-refractivity contribution in [3.63, 3.8) is 0 Å². The Bertz CT molecular complexity index is 643.